The number of hydrogen-bond acceptors (Lipinski definition) is 8. The highest BCUT2D eigenvalue weighted by molar-refractivity contribution is 7.22. The third-order valence-corrected chi connectivity index (χ3v) is 6.20. The van der Waals surface area contributed by atoms with Crippen LogP contribution in [-0.2, 0) is 11.2 Å². The van der Waals surface area contributed by atoms with Crippen molar-refractivity contribution in [2.45, 2.75) is 6.42 Å². The summed E-state index contributed by atoms with van der Waals surface area (Å²) < 4.78 is 22.5. The van der Waals surface area contributed by atoms with Crippen LogP contribution in [-0.4, -0.2) is 45.5 Å². The Balaban J connectivity index is 1.73. The van der Waals surface area contributed by atoms with Crippen LogP contribution in [0.3, 0.4) is 0 Å². The zero-order chi connectivity index (χ0) is 24.8. The first kappa shape index (κ1) is 24.0. The van der Waals surface area contributed by atoms with Gasteiger partial charge in [0.1, 0.15) is 5.75 Å². The van der Waals surface area contributed by atoms with Crippen molar-refractivity contribution in [2.24, 2.45) is 5.10 Å². The van der Waals surface area contributed by atoms with E-state index in [-0.39, 0.29) is 12.3 Å². The average molecular weight is 492 g/mol. The van der Waals surface area contributed by atoms with E-state index in [4.69, 9.17) is 18.9 Å². The van der Waals surface area contributed by atoms with Gasteiger partial charge in [0.05, 0.1) is 51.3 Å². The van der Waals surface area contributed by atoms with Crippen LogP contribution in [0, 0.1) is 0 Å². The van der Waals surface area contributed by atoms with Crippen molar-refractivity contribution in [1.82, 2.24) is 4.98 Å². The lowest BCUT2D eigenvalue weighted by Gasteiger charge is -2.15. The standard InChI is InChI=1S/C26H25N3O5S/c1-31-19-10-11-20-23(15-19)35-26(28-20)29(24(30)14-17-8-6-5-7-9-17)27-16-18-12-21(32-2)25(34-4)22(13-18)33-3/h5-13,15-16H,14H2,1-4H3/b27-16+. The lowest BCUT2D eigenvalue weighted by Crippen LogP contribution is -2.27. The maximum Gasteiger partial charge on any atom is 0.253 e. The topological polar surface area (TPSA) is 82.5 Å². The van der Waals surface area contributed by atoms with Gasteiger partial charge in [0.15, 0.2) is 11.5 Å². The first-order valence-electron chi connectivity index (χ1n) is 10.7. The fraction of sp³-hybridized carbons (Fsp3) is 0.192. The Bertz CT molecular complexity index is 1330. The van der Waals surface area contributed by atoms with Crippen LogP contribution in [0.2, 0.25) is 0 Å². The van der Waals surface area contributed by atoms with E-state index in [0.29, 0.717) is 27.9 Å². The number of rotatable bonds is 9. The van der Waals surface area contributed by atoms with Gasteiger partial charge in [0.25, 0.3) is 5.91 Å². The Morgan fingerprint density at radius 3 is 2.29 bits per heavy atom. The molecule has 8 nitrogen and oxygen atoms in total. The number of hydrogen-bond donors (Lipinski definition) is 0. The molecule has 180 valence electrons. The van der Waals surface area contributed by atoms with Gasteiger partial charge in [-0.2, -0.15) is 10.1 Å². The fourth-order valence-corrected chi connectivity index (χ4v) is 4.45. The molecule has 0 saturated heterocycles. The summed E-state index contributed by atoms with van der Waals surface area (Å²) in [6.45, 7) is 0. The Hall–Kier alpha value is -4.11. The van der Waals surface area contributed by atoms with E-state index in [0.717, 1.165) is 21.5 Å². The first-order valence-corrected chi connectivity index (χ1v) is 11.5. The molecule has 0 atom stereocenters. The highest BCUT2D eigenvalue weighted by Crippen LogP contribution is 2.38. The SMILES string of the molecule is COc1ccc2nc(N(/N=C/c3cc(OC)c(OC)c(OC)c3)C(=O)Cc3ccccc3)sc2c1. The molecule has 0 aliphatic carbocycles. The first-order chi connectivity index (χ1) is 17.1. The minimum atomic E-state index is -0.217. The number of thiazole rings is 1. The lowest BCUT2D eigenvalue weighted by atomic mass is 10.1. The minimum absolute atomic E-state index is 0.173. The van der Waals surface area contributed by atoms with Gasteiger partial charge >= 0.3 is 0 Å². The zero-order valence-corrected chi connectivity index (χ0v) is 20.7. The molecule has 1 amide bonds. The van der Waals surface area contributed by atoms with Crippen molar-refractivity contribution in [1.29, 1.82) is 0 Å². The second-order valence-corrected chi connectivity index (χ2v) is 8.41. The van der Waals surface area contributed by atoms with Crippen molar-refractivity contribution in [2.75, 3.05) is 33.4 Å². The van der Waals surface area contributed by atoms with Crippen LogP contribution >= 0.6 is 11.3 Å². The predicted octanol–water partition coefficient (Wildman–Crippen LogP) is 4.94. The number of aromatic nitrogens is 1. The summed E-state index contributed by atoms with van der Waals surface area (Å²) in [5, 5.41) is 6.31. The number of anilines is 1. The number of benzene rings is 3. The molecule has 0 fully saturated rings. The van der Waals surface area contributed by atoms with Gasteiger partial charge in [-0.25, -0.2) is 4.98 Å². The van der Waals surface area contributed by atoms with E-state index in [1.54, 1.807) is 46.8 Å². The van der Waals surface area contributed by atoms with Crippen LogP contribution < -0.4 is 24.0 Å². The molecule has 4 aromatic rings. The predicted molar refractivity (Wildman–Crippen MR) is 137 cm³/mol. The number of amides is 1. The molecule has 0 radical (unpaired) electrons. The van der Waals surface area contributed by atoms with Gasteiger partial charge in [-0.3, -0.25) is 4.79 Å². The number of ether oxygens (including phenoxy) is 4. The minimum Gasteiger partial charge on any atom is -0.497 e. The number of nitrogens with zero attached hydrogens (tertiary/aromatic N) is 3. The molecule has 0 spiro atoms. The third kappa shape index (κ3) is 5.36. The van der Waals surface area contributed by atoms with Crippen molar-refractivity contribution in [3.8, 4) is 23.0 Å². The molecule has 1 heterocycles. The van der Waals surface area contributed by atoms with Gasteiger partial charge in [-0.1, -0.05) is 41.7 Å². The number of fused-ring (bicyclic) bond motifs is 1. The molecule has 9 heteroatoms. The van der Waals surface area contributed by atoms with Crippen molar-refractivity contribution < 1.29 is 23.7 Å². The Kier molecular flexibility index (Phi) is 7.47. The summed E-state index contributed by atoms with van der Waals surface area (Å²) in [4.78, 5) is 18.0. The van der Waals surface area contributed by atoms with Gasteiger partial charge in [-0.15, -0.1) is 0 Å². The highest BCUT2D eigenvalue weighted by Gasteiger charge is 2.20. The smallest absolute Gasteiger partial charge is 0.253 e. The molecule has 0 bridgehead atoms. The Morgan fingerprint density at radius 2 is 1.66 bits per heavy atom. The molecule has 0 N–H and O–H groups in total. The van der Waals surface area contributed by atoms with Crippen LogP contribution in [0.15, 0.2) is 65.8 Å². The molecule has 0 aliphatic rings. The summed E-state index contributed by atoms with van der Waals surface area (Å²) in [5.41, 5.74) is 2.30. The molecule has 4 rings (SSSR count). The van der Waals surface area contributed by atoms with Gasteiger partial charge in [0, 0.05) is 5.56 Å². The number of methoxy groups -OCH3 is 4. The summed E-state index contributed by atoms with van der Waals surface area (Å²) >= 11 is 1.36. The Morgan fingerprint density at radius 1 is 0.943 bits per heavy atom. The average Bonchev–Trinajstić information content (AvgIpc) is 3.31. The van der Waals surface area contributed by atoms with Crippen LogP contribution in [0.5, 0.6) is 23.0 Å². The van der Waals surface area contributed by atoms with Crippen LogP contribution in [0.4, 0.5) is 5.13 Å². The van der Waals surface area contributed by atoms with Gasteiger partial charge in [-0.05, 0) is 35.9 Å². The quantitative estimate of drug-likeness (QED) is 0.244. The molecule has 0 saturated carbocycles. The van der Waals surface area contributed by atoms with Crippen LogP contribution in [0.25, 0.3) is 10.2 Å². The molecule has 3 aromatic carbocycles. The maximum atomic E-state index is 13.4. The van der Waals surface area contributed by atoms with Gasteiger partial charge in [0.2, 0.25) is 10.9 Å². The van der Waals surface area contributed by atoms with E-state index < -0.39 is 0 Å². The summed E-state index contributed by atoms with van der Waals surface area (Å²) in [7, 11) is 6.24. The summed E-state index contributed by atoms with van der Waals surface area (Å²) in [6.07, 6.45) is 1.74. The number of carbonyl (C=O) groups is 1. The van der Waals surface area contributed by atoms with E-state index in [2.05, 4.69) is 10.1 Å². The van der Waals surface area contributed by atoms with Crippen molar-refractivity contribution in [3.05, 3.63) is 71.8 Å². The lowest BCUT2D eigenvalue weighted by molar-refractivity contribution is -0.118. The summed E-state index contributed by atoms with van der Waals surface area (Å²) in [6, 6.07) is 18.6. The Labute approximate surface area is 207 Å². The molecule has 35 heavy (non-hydrogen) atoms. The second-order valence-electron chi connectivity index (χ2n) is 7.40. The molecule has 0 unspecified atom stereocenters. The van der Waals surface area contributed by atoms with Crippen molar-refractivity contribution in [3.63, 3.8) is 0 Å². The highest BCUT2D eigenvalue weighted by atomic mass is 32.1. The maximum absolute atomic E-state index is 13.4. The normalized spacial score (nSPS) is 11.0. The second kappa shape index (κ2) is 10.9. The molecular formula is C26H25N3O5S. The van der Waals surface area contributed by atoms with Gasteiger partial charge < -0.3 is 18.9 Å². The number of hydrazone groups is 1. The summed E-state index contributed by atoms with van der Waals surface area (Å²) in [5.74, 6) is 1.95. The van der Waals surface area contributed by atoms with E-state index in [1.807, 2.05) is 48.5 Å². The largest absolute Gasteiger partial charge is 0.497 e. The molecular weight excluding hydrogens is 466 g/mol. The van der Waals surface area contributed by atoms with E-state index in [9.17, 15) is 4.79 Å². The van der Waals surface area contributed by atoms with Crippen molar-refractivity contribution >= 4 is 38.8 Å². The molecule has 1 aromatic heterocycles. The number of carbonyl (C=O) groups excluding carboxylic acids is 1. The third-order valence-electron chi connectivity index (χ3n) is 5.21. The fourth-order valence-electron chi connectivity index (χ4n) is 3.48. The van der Waals surface area contributed by atoms with Crippen LogP contribution in [0.1, 0.15) is 11.1 Å². The zero-order valence-electron chi connectivity index (χ0n) is 19.8. The van der Waals surface area contributed by atoms with E-state index in [1.165, 1.54) is 16.3 Å². The molecule has 0 aliphatic heterocycles. The van der Waals surface area contributed by atoms with E-state index >= 15 is 0 Å². The monoisotopic (exact) mass is 491 g/mol.